The van der Waals surface area contributed by atoms with Gasteiger partial charge in [-0.1, -0.05) is 0 Å². The molecule has 9 heteroatoms. The van der Waals surface area contributed by atoms with E-state index >= 15 is 0 Å². The van der Waals surface area contributed by atoms with Crippen LogP contribution in [0.1, 0.15) is 18.4 Å². The molecule has 2 aliphatic heterocycles. The fourth-order valence-corrected chi connectivity index (χ4v) is 5.30. The minimum Gasteiger partial charge on any atom is -0.311 e. The largest absolute Gasteiger partial charge is 0.311 e. The molecule has 0 saturated carbocycles. The summed E-state index contributed by atoms with van der Waals surface area (Å²) in [7, 11) is -3.64. The number of pyridine rings is 1. The van der Waals surface area contributed by atoms with Crippen LogP contribution >= 0.6 is 0 Å². The number of carbonyl (C=O) groups excluding carboxylic acids is 1. The summed E-state index contributed by atoms with van der Waals surface area (Å²) >= 11 is 0. The number of halogens is 2. The van der Waals surface area contributed by atoms with E-state index in [1.54, 1.807) is 6.07 Å². The van der Waals surface area contributed by atoms with Crippen LogP contribution in [0.4, 0.5) is 14.5 Å². The predicted molar refractivity (Wildman–Crippen MR) is 98.1 cm³/mol. The first-order valence-corrected chi connectivity index (χ1v) is 10.5. The lowest BCUT2D eigenvalue weighted by atomic mass is 9.96. The Balaban J connectivity index is 1.46. The van der Waals surface area contributed by atoms with Gasteiger partial charge in [-0.05, 0) is 37.5 Å². The van der Waals surface area contributed by atoms with Gasteiger partial charge in [0, 0.05) is 49.6 Å². The van der Waals surface area contributed by atoms with Crippen LogP contribution < -0.4 is 4.90 Å². The number of rotatable bonds is 3. The van der Waals surface area contributed by atoms with Crippen LogP contribution in [-0.4, -0.2) is 43.2 Å². The van der Waals surface area contributed by atoms with Crippen molar-refractivity contribution in [1.29, 1.82) is 0 Å². The third-order valence-electron chi connectivity index (χ3n) is 5.35. The second-order valence-corrected chi connectivity index (χ2v) is 8.93. The van der Waals surface area contributed by atoms with Gasteiger partial charge >= 0.3 is 0 Å². The van der Waals surface area contributed by atoms with Gasteiger partial charge in [0.1, 0.15) is 16.5 Å². The van der Waals surface area contributed by atoms with Crippen LogP contribution in [0.15, 0.2) is 41.6 Å². The molecule has 2 aliphatic rings. The van der Waals surface area contributed by atoms with Gasteiger partial charge in [0.05, 0.1) is 5.69 Å². The molecular weight excluding hydrogens is 388 g/mol. The SMILES string of the molecule is O=C(C1CCN(S(=O)(=O)c2cccnc2)CC1)N1CCc2c(F)cc(F)cc21. The standard InChI is InChI=1S/C19H19F2N3O3S/c20-14-10-17(21)16-5-9-24(18(16)11-14)19(25)13-3-7-23(8-4-13)28(26,27)15-2-1-6-22-12-15/h1-2,6,10-13H,3-5,7-9H2. The highest BCUT2D eigenvalue weighted by Crippen LogP contribution is 2.34. The Kier molecular flexibility index (Phi) is 4.88. The molecule has 2 aromatic rings. The maximum Gasteiger partial charge on any atom is 0.244 e. The third kappa shape index (κ3) is 3.29. The average molecular weight is 407 g/mol. The molecule has 0 bridgehead atoms. The smallest absolute Gasteiger partial charge is 0.244 e. The van der Waals surface area contributed by atoms with Crippen molar-refractivity contribution in [1.82, 2.24) is 9.29 Å². The second-order valence-electron chi connectivity index (χ2n) is 6.99. The molecule has 0 radical (unpaired) electrons. The lowest BCUT2D eigenvalue weighted by Gasteiger charge is -2.32. The number of sulfonamides is 1. The zero-order valence-electron chi connectivity index (χ0n) is 15.0. The monoisotopic (exact) mass is 407 g/mol. The van der Waals surface area contributed by atoms with Crippen molar-refractivity contribution in [3.63, 3.8) is 0 Å². The molecule has 1 aromatic heterocycles. The van der Waals surface area contributed by atoms with Crippen molar-refractivity contribution < 1.29 is 22.0 Å². The van der Waals surface area contributed by atoms with Gasteiger partial charge in [0.2, 0.25) is 15.9 Å². The molecule has 0 N–H and O–H groups in total. The number of amides is 1. The molecule has 0 spiro atoms. The van der Waals surface area contributed by atoms with Crippen LogP contribution in [-0.2, 0) is 21.2 Å². The maximum atomic E-state index is 13.9. The summed E-state index contributed by atoms with van der Waals surface area (Å²) in [5, 5.41) is 0. The number of aromatic nitrogens is 1. The number of hydrogen-bond donors (Lipinski definition) is 0. The normalized spacial score (nSPS) is 18.3. The topological polar surface area (TPSA) is 70.6 Å². The quantitative estimate of drug-likeness (QED) is 0.783. The first kappa shape index (κ1) is 18.9. The van der Waals surface area contributed by atoms with E-state index in [1.807, 2.05) is 0 Å². The highest BCUT2D eigenvalue weighted by molar-refractivity contribution is 7.89. The van der Waals surface area contributed by atoms with Crippen LogP contribution in [0.3, 0.4) is 0 Å². The highest BCUT2D eigenvalue weighted by Gasteiger charge is 2.36. The number of benzene rings is 1. The lowest BCUT2D eigenvalue weighted by molar-refractivity contribution is -0.123. The van der Waals surface area contributed by atoms with Crippen LogP contribution in [0.5, 0.6) is 0 Å². The van der Waals surface area contributed by atoms with Crippen molar-refractivity contribution in [2.24, 2.45) is 5.92 Å². The zero-order chi connectivity index (χ0) is 19.9. The Bertz CT molecular complexity index is 1010. The summed E-state index contributed by atoms with van der Waals surface area (Å²) in [6.45, 7) is 0.737. The minimum atomic E-state index is -3.64. The minimum absolute atomic E-state index is 0.124. The summed E-state index contributed by atoms with van der Waals surface area (Å²) in [6, 6.07) is 5.07. The number of nitrogens with zero attached hydrogens (tertiary/aromatic N) is 3. The van der Waals surface area contributed by atoms with E-state index in [4.69, 9.17) is 0 Å². The molecule has 0 unspecified atom stereocenters. The Labute approximate surface area is 161 Å². The lowest BCUT2D eigenvalue weighted by Crippen LogP contribution is -2.44. The molecule has 4 rings (SSSR count). The highest BCUT2D eigenvalue weighted by atomic mass is 32.2. The van der Waals surface area contributed by atoms with Gasteiger partial charge in [-0.3, -0.25) is 9.78 Å². The van der Waals surface area contributed by atoms with E-state index in [-0.39, 0.29) is 35.5 Å². The van der Waals surface area contributed by atoms with E-state index in [1.165, 1.54) is 33.7 Å². The molecular formula is C19H19F2N3O3S. The van der Waals surface area contributed by atoms with Crippen molar-refractivity contribution in [2.75, 3.05) is 24.5 Å². The average Bonchev–Trinajstić information content (AvgIpc) is 3.12. The molecule has 148 valence electrons. The molecule has 28 heavy (non-hydrogen) atoms. The zero-order valence-corrected chi connectivity index (χ0v) is 15.8. The summed E-state index contributed by atoms with van der Waals surface area (Å²) < 4.78 is 54.2. The van der Waals surface area contributed by atoms with Crippen molar-refractivity contribution in [3.05, 3.63) is 53.9 Å². The summed E-state index contributed by atoms with van der Waals surface area (Å²) in [5.41, 5.74) is 0.638. The number of piperidine rings is 1. The molecule has 1 amide bonds. The Morgan fingerprint density at radius 2 is 1.89 bits per heavy atom. The van der Waals surface area contributed by atoms with Gasteiger partial charge in [0.15, 0.2) is 0 Å². The Hall–Kier alpha value is -2.39. The fourth-order valence-electron chi connectivity index (χ4n) is 3.86. The number of fused-ring (bicyclic) bond motifs is 1. The number of hydrogen-bond acceptors (Lipinski definition) is 4. The molecule has 1 fully saturated rings. The van der Waals surface area contributed by atoms with Gasteiger partial charge in [-0.15, -0.1) is 0 Å². The van der Waals surface area contributed by atoms with Crippen molar-refractivity contribution in [2.45, 2.75) is 24.2 Å². The van der Waals surface area contributed by atoms with E-state index in [0.29, 0.717) is 31.4 Å². The predicted octanol–water partition coefficient (Wildman–Crippen LogP) is 2.35. The molecule has 1 aromatic carbocycles. The van der Waals surface area contributed by atoms with Crippen LogP contribution in [0, 0.1) is 17.6 Å². The van der Waals surface area contributed by atoms with E-state index < -0.39 is 21.7 Å². The van der Waals surface area contributed by atoms with Gasteiger partial charge in [0.25, 0.3) is 0 Å². The van der Waals surface area contributed by atoms with Gasteiger partial charge < -0.3 is 4.90 Å². The van der Waals surface area contributed by atoms with Crippen LogP contribution in [0.25, 0.3) is 0 Å². The molecule has 0 aliphatic carbocycles. The van der Waals surface area contributed by atoms with E-state index in [9.17, 15) is 22.0 Å². The Morgan fingerprint density at radius 1 is 1.14 bits per heavy atom. The van der Waals surface area contributed by atoms with Crippen molar-refractivity contribution >= 4 is 21.6 Å². The summed E-state index contributed by atoms with van der Waals surface area (Å²) in [4.78, 5) is 18.3. The molecule has 1 saturated heterocycles. The third-order valence-corrected chi connectivity index (χ3v) is 7.24. The van der Waals surface area contributed by atoms with E-state index in [2.05, 4.69) is 4.98 Å². The Morgan fingerprint density at radius 3 is 2.57 bits per heavy atom. The summed E-state index contributed by atoms with van der Waals surface area (Å²) in [5.74, 6) is -1.93. The first-order valence-electron chi connectivity index (χ1n) is 9.07. The molecule has 0 atom stereocenters. The van der Waals surface area contributed by atoms with E-state index in [0.717, 1.165) is 6.07 Å². The molecule has 6 nitrogen and oxygen atoms in total. The molecule has 3 heterocycles. The number of anilines is 1. The van der Waals surface area contributed by atoms with Crippen molar-refractivity contribution in [3.8, 4) is 0 Å². The summed E-state index contributed by atoms with van der Waals surface area (Å²) in [6.07, 6.45) is 3.88. The maximum absolute atomic E-state index is 13.9. The van der Waals surface area contributed by atoms with Crippen LogP contribution in [0.2, 0.25) is 0 Å². The fraction of sp³-hybridized carbons (Fsp3) is 0.368. The van der Waals surface area contributed by atoms with Gasteiger partial charge in [-0.2, -0.15) is 4.31 Å². The second kappa shape index (κ2) is 7.21. The van der Waals surface area contributed by atoms with Gasteiger partial charge in [-0.25, -0.2) is 17.2 Å². The number of carbonyl (C=O) groups is 1. The first-order chi connectivity index (χ1) is 13.4.